The molecule has 7 heteroatoms. The molecule has 2 aromatic carbocycles. The third-order valence-corrected chi connectivity index (χ3v) is 6.03. The maximum Gasteiger partial charge on any atom is 0.297 e. The Bertz CT molecular complexity index is 1000. The van der Waals surface area contributed by atoms with Crippen LogP contribution in [0.1, 0.15) is 19.3 Å². The molecule has 2 aliphatic rings. The van der Waals surface area contributed by atoms with E-state index in [0.717, 1.165) is 56.2 Å². The molecule has 0 radical (unpaired) electrons. The van der Waals surface area contributed by atoms with Crippen molar-refractivity contribution >= 4 is 5.69 Å². The van der Waals surface area contributed by atoms with E-state index in [1.165, 1.54) is 19.0 Å². The molecule has 0 aromatic heterocycles. The van der Waals surface area contributed by atoms with Gasteiger partial charge in [-0.3, -0.25) is 0 Å². The topological polar surface area (TPSA) is 86.8 Å². The lowest BCUT2D eigenvalue weighted by molar-refractivity contribution is 0.0895. The quantitative estimate of drug-likeness (QED) is 0.281. The number of aromatic hydroxyl groups is 2. The van der Waals surface area contributed by atoms with Crippen LogP contribution in [0, 0.1) is 0 Å². The van der Waals surface area contributed by atoms with Gasteiger partial charge in [0.2, 0.25) is 5.75 Å². The highest BCUT2D eigenvalue weighted by molar-refractivity contribution is 5.56. The highest BCUT2D eigenvalue weighted by Crippen LogP contribution is 2.33. The molecule has 1 aliphatic heterocycles. The lowest BCUT2D eigenvalue weighted by Gasteiger charge is -2.33. The summed E-state index contributed by atoms with van der Waals surface area (Å²) in [5, 5.41) is 13.0. The molecular weight excluding hydrogens is 440 g/mol. The molecule has 0 atom stereocenters. The first-order valence-electron chi connectivity index (χ1n) is 12.3. The maximum atomic E-state index is 9.78. The second-order valence-electron chi connectivity index (χ2n) is 8.27. The molecule has 2 fully saturated rings. The molecule has 4 rings (SSSR count). The molecule has 0 bridgehead atoms. The van der Waals surface area contributed by atoms with Gasteiger partial charge in [0.25, 0.3) is 5.75 Å². The second kappa shape index (κ2) is 14.0. The zero-order chi connectivity index (χ0) is 24.9. The molecule has 7 nitrogen and oxygen atoms in total. The molecule has 0 unspecified atom stereocenters. The number of phenolic OH excluding ortho intramolecular Hbond substituents is 1. The largest absolute Gasteiger partial charge is 0.577 e. The first-order valence-corrected chi connectivity index (χ1v) is 12.3. The molecule has 2 aromatic rings. The summed E-state index contributed by atoms with van der Waals surface area (Å²) in [5.74, 6) is 2.70. The van der Waals surface area contributed by atoms with Gasteiger partial charge in [-0.1, -0.05) is 24.3 Å². The summed E-state index contributed by atoms with van der Waals surface area (Å²) in [7, 11) is 3.42. The van der Waals surface area contributed by atoms with Crippen molar-refractivity contribution in [2.75, 3.05) is 52.2 Å². The van der Waals surface area contributed by atoms with Crippen LogP contribution >= 0.6 is 0 Å². The summed E-state index contributed by atoms with van der Waals surface area (Å²) in [4.78, 5) is 4.67. The highest BCUT2D eigenvalue weighted by Gasteiger charge is 2.17. The number of piperazine rings is 1. The van der Waals surface area contributed by atoms with Crippen LogP contribution in [0.3, 0.4) is 0 Å². The van der Waals surface area contributed by atoms with Crippen LogP contribution in [-0.4, -0.2) is 66.5 Å². The average Bonchev–Trinajstić information content (AvgIpc) is 2.87. The number of allylic oxidation sites excluding steroid dienone is 2. The van der Waals surface area contributed by atoms with Crippen LogP contribution in [0.25, 0.3) is 0 Å². The lowest BCUT2D eigenvalue weighted by atomic mass is 9.91. The average molecular weight is 480 g/mol. The van der Waals surface area contributed by atoms with Gasteiger partial charge < -0.3 is 35.4 Å². The minimum Gasteiger partial charge on any atom is -0.577 e. The summed E-state index contributed by atoms with van der Waals surface area (Å²) in [6.45, 7) is 4.42. The molecule has 0 spiro atoms. The molecule has 0 amide bonds. The molecule has 1 saturated carbocycles. The smallest absolute Gasteiger partial charge is 0.297 e. The van der Waals surface area contributed by atoms with Crippen molar-refractivity contribution in [1.82, 2.24) is 9.80 Å². The Morgan fingerprint density at radius 1 is 1.00 bits per heavy atom. The maximum absolute atomic E-state index is 9.78. The third-order valence-electron chi connectivity index (χ3n) is 6.03. The van der Waals surface area contributed by atoms with Gasteiger partial charge in [0.15, 0.2) is 6.61 Å². The van der Waals surface area contributed by atoms with Crippen LogP contribution in [0.2, 0.25) is 0 Å². The van der Waals surface area contributed by atoms with Crippen molar-refractivity contribution in [1.29, 1.82) is 0 Å². The van der Waals surface area contributed by atoms with E-state index in [2.05, 4.69) is 44.1 Å². The van der Waals surface area contributed by atoms with Gasteiger partial charge in [-0.05, 0) is 56.2 Å². The van der Waals surface area contributed by atoms with Gasteiger partial charge in [-0.25, -0.2) is 0 Å². The minimum atomic E-state index is 0.223. The van der Waals surface area contributed by atoms with Crippen LogP contribution in [0.5, 0.6) is 17.2 Å². The van der Waals surface area contributed by atoms with E-state index in [1.54, 1.807) is 12.1 Å². The van der Waals surface area contributed by atoms with E-state index < -0.39 is 0 Å². The number of aliphatic hydroxyl groups is 1. The van der Waals surface area contributed by atoms with Crippen molar-refractivity contribution in [2.24, 2.45) is 5.73 Å². The van der Waals surface area contributed by atoms with Crippen molar-refractivity contribution in [3.63, 3.8) is 0 Å². The molecule has 188 valence electrons. The normalized spacial score (nSPS) is 15.5. The molecule has 35 heavy (non-hydrogen) atoms. The first-order chi connectivity index (χ1) is 17.2. The number of nitrogens with zero attached hydrogens (tertiary/aromatic N) is 2. The minimum absolute atomic E-state index is 0.223. The van der Waals surface area contributed by atoms with Gasteiger partial charge in [0.1, 0.15) is 11.5 Å². The molecular formula is C28H39N4O3+. The predicted octanol–water partition coefficient (Wildman–Crippen LogP) is 4.41. The Morgan fingerprint density at radius 2 is 1.66 bits per heavy atom. The van der Waals surface area contributed by atoms with Crippen LogP contribution < -0.4 is 15.8 Å². The van der Waals surface area contributed by atoms with Crippen molar-refractivity contribution < 1.29 is 14.6 Å². The fourth-order valence-electron chi connectivity index (χ4n) is 3.86. The van der Waals surface area contributed by atoms with Gasteiger partial charge >= 0.3 is 0 Å². The van der Waals surface area contributed by atoms with E-state index in [-0.39, 0.29) is 5.75 Å². The van der Waals surface area contributed by atoms with E-state index in [1.807, 2.05) is 49.5 Å². The zero-order valence-electron chi connectivity index (χ0n) is 20.9. The summed E-state index contributed by atoms with van der Waals surface area (Å²) in [6.07, 6.45) is 11.9. The second-order valence-corrected chi connectivity index (χ2v) is 8.27. The van der Waals surface area contributed by atoms with Gasteiger partial charge in [0.05, 0.1) is 5.69 Å². The SMILES string of the molecule is CN.CNc1ccccc1OC(/C=C/N1CCN(/C=C/C[OH+]c2ccccc2O)CC1)=C1CCC1. The molecule has 1 heterocycles. The van der Waals surface area contributed by atoms with Gasteiger partial charge in [0, 0.05) is 57.8 Å². The fourth-order valence-corrected chi connectivity index (χ4v) is 3.86. The highest BCUT2D eigenvalue weighted by atomic mass is 16.5. The number of nitrogens with two attached hydrogens (primary N) is 1. The Kier molecular flexibility index (Phi) is 10.4. The van der Waals surface area contributed by atoms with Crippen molar-refractivity contribution in [3.05, 3.63) is 84.4 Å². The lowest BCUT2D eigenvalue weighted by Crippen LogP contribution is -2.41. The van der Waals surface area contributed by atoms with E-state index in [4.69, 9.17) is 4.74 Å². The standard InChI is InChI=1S/C27H33N3O3.CH5N/c1-28-23-10-2-4-12-26(23)33-25(22-8-6-9-22)14-16-30-19-17-29(18-20-30)15-7-21-32-27-13-5-3-11-24(27)31;1-2/h2-5,7,10-16,28,31H,6,8-9,17-21H2,1H3;2H2,1H3/p+1/b15-7+,16-14+;. The first kappa shape index (κ1) is 26.0. The number of phenols is 1. The van der Waals surface area contributed by atoms with Crippen molar-refractivity contribution in [3.8, 4) is 17.2 Å². The number of benzene rings is 2. The van der Waals surface area contributed by atoms with E-state index >= 15 is 0 Å². The van der Waals surface area contributed by atoms with Gasteiger partial charge in [-0.2, -0.15) is 0 Å². The number of anilines is 1. The number of hydrogen-bond acceptors (Lipinski definition) is 6. The Balaban J connectivity index is 0.00000167. The number of para-hydroxylation sites is 4. The Labute approximate surface area is 209 Å². The van der Waals surface area contributed by atoms with E-state index in [9.17, 15) is 5.11 Å². The summed E-state index contributed by atoms with van der Waals surface area (Å²) >= 11 is 0. The summed E-state index contributed by atoms with van der Waals surface area (Å²) in [5.41, 5.74) is 6.89. The molecule has 5 N–H and O–H groups in total. The Morgan fingerprint density at radius 3 is 2.31 bits per heavy atom. The summed E-state index contributed by atoms with van der Waals surface area (Å²) < 4.78 is 10.7. The zero-order valence-corrected chi connectivity index (χ0v) is 20.9. The van der Waals surface area contributed by atoms with Crippen LogP contribution in [0.4, 0.5) is 5.69 Å². The Hall–Kier alpha value is -3.58. The number of rotatable bonds is 9. The molecule has 1 aliphatic carbocycles. The third kappa shape index (κ3) is 7.72. The number of hydrogen-bond donors (Lipinski definition) is 3. The van der Waals surface area contributed by atoms with E-state index in [0.29, 0.717) is 12.4 Å². The predicted molar refractivity (Wildman–Crippen MR) is 144 cm³/mol. The number of ether oxygens (including phenoxy) is 2. The van der Waals surface area contributed by atoms with Crippen molar-refractivity contribution in [2.45, 2.75) is 19.3 Å². The van der Waals surface area contributed by atoms with Gasteiger partial charge in [-0.15, -0.1) is 0 Å². The van der Waals surface area contributed by atoms with Crippen LogP contribution in [-0.2, 0) is 0 Å². The number of nitrogens with one attached hydrogen (secondary N) is 1. The van der Waals surface area contributed by atoms with Crippen LogP contribution in [0.15, 0.2) is 84.4 Å². The fraction of sp³-hybridized carbons (Fsp3) is 0.357. The monoisotopic (exact) mass is 479 g/mol. The summed E-state index contributed by atoms with van der Waals surface area (Å²) in [6, 6.07) is 15.2. The molecule has 1 saturated heterocycles.